The highest BCUT2D eigenvalue weighted by Gasteiger charge is 2.32. The fourth-order valence-corrected chi connectivity index (χ4v) is 4.59. The van der Waals surface area contributed by atoms with Crippen LogP contribution in [0.3, 0.4) is 0 Å². The Morgan fingerprint density at radius 3 is 2.57 bits per heavy atom. The second-order valence-electron chi connectivity index (χ2n) is 6.69. The minimum atomic E-state index is -3.39. The van der Waals surface area contributed by atoms with Crippen molar-refractivity contribution in [2.24, 2.45) is 0 Å². The Bertz CT molecular complexity index is 1030. The van der Waals surface area contributed by atoms with Crippen LogP contribution in [-0.4, -0.2) is 46.2 Å². The molecule has 0 aromatic heterocycles. The molecule has 1 aliphatic rings. The maximum Gasteiger partial charge on any atom is 0.338 e. The van der Waals surface area contributed by atoms with Gasteiger partial charge in [-0.3, -0.25) is 9.10 Å². The molecule has 0 unspecified atom stereocenters. The predicted molar refractivity (Wildman–Crippen MR) is 105 cm³/mol. The van der Waals surface area contributed by atoms with Gasteiger partial charge in [-0.15, -0.1) is 0 Å². The number of anilines is 1. The summed E-state index contributed by atoms with van der Waals surface area (Å²) >= 11 is 0. The number of hydrogen-bond donors (Lipinski definition) is 0. The standard InChI is InChI=1S/C20H21NO6S/c1-13-9-16-10-14(7-8-18(16)21(13)28(3,24)25)19(22)12-27-20(23)15-5-4-6-17(11-15)26-2/h4-8,10-11,13H,9,12H2,1-3H3/t13-/m0/s1. The molecular formula is C20H21NO6S. The van der Waals surface area contributed by atoms with Crippen molar-refractivity contribution in [1.82, 2.24) is 0 Å². The molecule has 0 radical (unpaired) electrons. The van der Waals surface area contributed by atoms with Crippen LogP contribution in [0.25, 0.3) is 0 Å². The highest BCUT2D eigenvalue weighted by molar-refractivity contribution is 7.92. The number of sulfonamides is 1. The first-order valence-corrected chi connectivity index (χ1v) is 10.5. The lowest BCUT2D eigenvalue weighted by atomic mass is 10.0. The summed E-state index contributed by atoms with van der Waals surface area (Å²) in [6, 6.07) is 11.1. The lowest BCUT2D eigenvalue weighted by Gasteiger charge is -2.21. The number of hydrogen-bond acceptors (Lipinski definition) is 6. The highest BCUT2D eigenvalue weighted by atomic mass is 32.2. The van der Waals surface area contributed by atoms with Crippen LogP contribution < -0.4 is 9.04 Å². The van der Waals surface area contributed by atoms with Crippen LogP contribution >= 0.6 is 0 Å². The minimum absolute atomic E-state index is 0.207. The van der Waals surface area contributed by atoms with Gasteiger partial charge in [-0.05, 0) is 55.3 Å². The Hall–Kier alpha value is -2.87. The Kier molecular flexibility index (Phi) is 5.42. The Labute approximate surface area is 163 Å². The average Bonchev–Trinajstić information content (AvgIpc) is 3.00. The first-order valence-electron chi connectivity index (χ1n) is 8.67. The molecule has 3 rings (SSSR count). The maximum atomic E-state index is 12.4. The molecule has 8 heteroatoms. The van der Waals surface area contributed by atoms with Crippen LogP contribution in [0.1, 0.15) is 33.2 Å². The first kappa shape index (κ1) is 19.9. The van der Waals surface area contributed by atoms with Crippen molar-refractivity contribution >= 4 is 27.5 Å². The van der Waals surface area contributed by atoms with Crippen molar-refractivity contribution in [2.45, 2.75) is 19.4 Å². The minimum Gasteiger partial charge on any atom is -0.497 e. The third-order valence-corrected chi connectivity index (χ3v) is 5.82. The summed E-state index contributed by atoms with van der Waals surface area (Å²) in [4.78, 5) is 24.6. The van der Waals surface area contributed by atoms with Gasteiger partial charge >= 0.3 is 5.97 Å². The van der Waals surface area contributed by atoms with Gasteiger partial charge in [-0.25, -0.2) is 13.2 Å². The van der Waals surface area contributed by atoms with Crippen LogP contribution in [0.15, 0.2) is 42.5 Å². The van der Waals surface area contributed by atoms with Crippen LogP contribution in [0, 0.1) is 0 Å². The topological polar surface area (TPSA) is 90.0 Å². The van der Waals surface area contributed by atoms with Crippen LogP contribution in [-0.2, 0) is 21.2 Å². The molecule has 0 bridgehead atoms. The van der Waals surface area contributed by atoms with Gasteiger partial charge in [0.25, 0.3) is 0 Å². The fraction of sp³-hybridized carbons (Fsp3) is 0.300. The molecule has 0 N–H and O–H groups in total. The van der Waals surface area contributed by atoms with Crippen LogP contribution in [0.5, 0.6) is 5.75 Å². The van der Waals surface area contributed by atoms with E-state index in [0.29, 0.717) is 29.0 Å². The Morgan fingerprint density at radius 2 is 1.89 bits per heavy atom. The molecule has 1 heterocycles. The van der Waals surface area contributed by atoms with E-state index in [4.69, 9.17) is 9.47 Å². The van der Waals surface area contributed by atoms with Gasteiger partial charge in [0.15, 0.2) is 12.4 Å². The summed E-state index contributed by atoms with van der Waals surface area (Å²) in [5, 5.41) is 0. The number of benzene rings is 2. The second-order valence-corrected chi connectivity index (χ2v) is 8.55. The molecule has 7 nitrogen and oxygen atoms in total. The molecule has 0 saturated heterocycles. The number of methoxy groups -OCH3 is 1. The largest absolute Gasteiger partial charge is 0.497 e. The van der Waals surface area contributed by atoms with Crippen LogP contribution in [0.4, 0.5) is 5.69 Å². The lowest BCUT2D eigenvalue weighted by Crippen LogP contribution is -2.34. The summed E-state index contributed by atoms with van der Waals surface area (Å²) < 4.78 is 35.5. The average molecular weight is 403 g/mol. The van der Waals surface area contributed by atoms with Gasteiger partial charge in [0.1, 0.15) is 5.75 Å². The monoisotopic (exact) mass is 403 g/mol. The summed E-state index contributed by atoms with van der Waals surface area (Å²) in [6.07, 6.45) is 1.68. The third kappa shape index (κ3) is 4.01. The SMILES string of the molecule is COc1cccc(C(=O)OCC(=O)c2ccc3c(c2)C[C@H](C)N3S(C)(=O)=O)c1. The predicted octanol–water partition coefficient (Wildman–Crippen LogP) is 2.45. The Balaban J connectivity index is 1.71. The molecule has 0 aliphatic carbocycles. The number of ether oxygens (including phenoxy) is 2. The smallest absolute Gasteiger partial charge is 0.338 e. The quantitative estimate of drug-likeness (QED) is 0.544. The molecule has 148 valence electrons. The molecule has 0 saturated carbocycles. The summed E-state index contributed by atoms with van der Waals surface area (Å²) in [7, 11) is -1.89. The van der Waals surface area contributed by atoms with E-state index < -0.39 is 22.6 Å². The van der Waals surface area contributed by atoms with Crippen molar-refractivity contribution in [3.05, 3.63) is 59.2 Å². The van der Waals surface area contributed by atoms with Gasteiger partial charge < -0.3 is 9.47 Å². The van der Waals surface area contributed by atoms with Gasteiger partial charge in [0, 0.05) is 11.6 Å². The zero-order valence-corrected chi connectivity index (χ0v) is 16.7. The van der Waals surface area contributed by atoms with Gasteiger partial charge in [0.2, 0.25) is 10.0 Å². The van der Waals surface area contributed by atoms with Crippen molar-refractivity contribution in [2.75, 3.05) is 24.3 Å². The molecule has 0 amide bonds. The van der Waals surface area contributed by atoms with E-state index in [-0.39, 0.29) is 11.8 Å². The van der Waals surface area contributed by atoms with E-state index in [9.17, 15) is 18.0 Å². The van der Waals surface area contributed by atoms with Crippen molar-refractivity contribution in [3.63, 3.8) is 0 Å². The number of ketones is 1. The van der Waals surface area contributed by atoms with Crippen molar-refractivity contribution < 1.29 is 27.5 Å². The van der Waals surface area contributed by atoms with E-state index in [1.54, 1.807) is 36.4 Å². The molecule has 0 spiro atoms. The fourth-order valence-electron chi connectivity index (χ4n) is 3.33. The molecule has 0 fully saturated rings. The summed E-state index contributed by atoms with van der Waals surface area (Å²) in [5.74, 6) is -0.460. The molecule has 2 aromatic carbocycles. The van der Waals surface area contributed by atoms with E-state index in [1.165, 1.54) is 17.5 Å². The lowest BCUT2D eigenvalue weighted by molar-refractivity contribution is 0.0474. The van der Waals surface area contributed by atoms with E-state index in [2.05, 4.69) is 0 Å². The normalized spacial score (nSPS) is 15.8. The van der Waals surface area contributed by atoms with Crippen LogP contribution in [0.2, 0.25) is 0 Å². The zero-order chi connectivity index (χ0) is 20.5. The maximum absolute atomic E-state index is 12.4. The first-order chi connectivity index (χ1) is 13.2. The number of esters is 1. The Morgan fingerprint density at radius 1 is 1.14 bits per heavy atom. The van der Waals surface area contributed by atoms with E-state index >= 15 is 0 Å². The highest BCUT2D eigenvalue weighted by Crippen LogP contribution is 2.34. The second kappa shape index (κ2) is 7.63. The molecule has 1 aliphatic heterocycles. The van der Waals surface area contributed by atoms with Gasteiger partial charge in [-0.1, -0.05) is 6.07 Å². The number of nitrogens with zero attached hydrogens (tertiary/aromatic N) is 1. The third-order valence-electron chi connectivity index (χ3n) is 4.55. The number of fused-ring (bicyclic) bond motifs is 1. The molecule has 2 aromatic rings. The number of carbonyl (C=O) groups excluding carboxylic acids is 2. The summed E-state index contributed by atoms with van der Waals surface area (Å²) in [6.45, 7) is 1.42. The van der Waals surface area contributed by atoms with E-state index in [0.717, 1.165) is 11.8 Å². The van der Waals surface area contributed by atoms with Gasteiger partial charge in [0.05, 0.1) is 24.6 Å². The molecule has 28 heavy (non-hydrogen) atoms. The molecule has 1 atom stereocenters. The number of Topliss-reactive ketones (excluding diaryl/α,β-unsaturated/α-hetero) is 1. The van der Waals surface area contributed by atoms with Crippen molar-refractivity contribution in [1.29, 1.82) is 0 Å². The number of rotatable bonds is 6. The zero-order valence-electron chi connectivity index (χ0n) is 15.8. The van der Waals surface area contributed by atoms with Gasteiger partial charge in [-0.2, -0.15) is 0 Å². The number of carbonyl (C=O) groups is 2. The summed E-state index contributed by atoms with van der Waals surface area (Å²) in [5.41, 5.74) is 2.03. The van der Waals surface area contributed by atoms with Crippen molar-refractivity contribution in [3.8, 4) is 5.75 Å². The van der Waals surface area contributed by atoms with E-state index in [1.807, 2.05) is 6.92 Å². The molecular weight excluding hydrogens is 382 g/mol.